The van der Waals surface area contributed by atoms with Crippen molar-refractivity contribution in [2.75, 3.05) is 23.8 Å². The molecule has 42 heavy (non-hydrogen) atoms. The monoisotopic (exact) mass is 588 g/mol. The molecule has 0 saturated heterocycles. The van der Waals surface area contributed by atoms with Gasteiger partial charge in [0.25, 0.3) is 5.97 Å². The van der Waals surface area contributed by atoms with E-state index in [1.54, 1.807) is 13.8 Å². The van der Waals surface area contributed by atoms with Crippen LogP contribution in [0.5, 0.6) is 0 Å². The van der Waals surface area contributed by atoms with Gasteiger partial charge in [-0.05, 0) is 82.9 Å². The molecule has 0 aromatic heterocycles. The minimum atomic E-state index is -1.26. The summed E-state index contributed by atoms with van der Waals surface area (Å²) in [4.78, 5) is 24.5. The fraction of sp³-hybridized carbons (Fsp3) is 0.576. The maximum Gasteiger partial charge on any atom is 0.308 e. The van der Waals surface area contributed by atoms with Crippen LogP contribution < -0.4 is 10.6 Å². The molecule has 0 aliphatic heterocycles. The van der Waals surface area contributed by atoms with Crippen molar-refractivity contribution in [3.63, 3.8) is 0 Å². The van der Waals surface area contributed by atoms with E-state index in [1.807, 2.05) is 18.2 Å². The molecule has 2 rings (SSSR count). The van der Waals surface area contributed by atoms with Crippen LogP contribution in [0.2, 0.25) is 0 Å². The van der Waals surface area contributed by atoms with Gasteiger partial charge in [-0.15, -0.1) is 0 Å². The van der Waals surface area contributed by atoms with Gasteiger partial charge in [-0.25, -0.2) is 0 Å². The van der Waals surface area contributed by atoms with Crippen LogP contribution in [0.4, 0.5) is 17.1 Å². The van der Waals surface area contributed by atoms with E-state index >= 15 is 0 Å². The summed E-state index contributed by atoms with van der Waals surface area (Å²) in [5.74, 6) is -2.55. The molecule has 0 spiro atoms. The van der Waals surface area contributed by atoms with Crippen LogP contribution in [0.3, 0.4) is 0 Å². The Morgan fingerprint density at radius 1 is 0.833 bits per heavy atom. The van der Waals surface area contributed by atoms with Gasteiger partial charge in [-0.2, -0.15) is 0 Å². The maximum absolute atomic E-state index is 11.8. The minimum absolute atomic E-state index is 0.0495. The average Bonchev–Trinajstić information content (AvgIpc) is 2.93. The highest BCUT2D eigenvalue weighted by Gasteiger charge is 2.31. The van der Waals surface area contributed by atoms with Crippen LogP contribution in [0.15, 0.2) is 54.6 Å². The first-order valence-corrected chi connectivity index (χ1v) is 15.1. The largest absolute Gasteiger partial charge is 0.481 e. The zero-order valence-corrected chi connectivity index (χ0v) is 26.3. The van der Waals surface area contributed by atoms with Gasteiger partial charge in [-0.1, -0.05) is 44.9 Å². The molecule has 1 atom stereocenters. The van der Waals surface area contributed by atoms with Crippen LogP contribution in [-0.2, 0) is 28.5 Å². The van der Waals surface area contributed by atoms with Crippen molar-refractivity contribution < 1.29 is 33.6 Å². The topological polar surface area (TPSA) is 121 Å². The third-order valence-electron chi connectivity index (χ3n) is 6.15. The maximum atomic E-state index is 11.8. The van der Waals surface area contributed by atoms with Gasteiger partial charge in [0.1, 0.15) is 0 Å². The predicted molar refractivity (Wildman–Crippen MR) is 167 cm³/mol. The first-order valence-electron chi connectivity index (χ1n) is 15.1. The molecule has 2 aromatic carbocycles. The third kappa shape index (κ3) is 15.7. The number of nitrogen functional groups attached to an aromatic ring is 1. The van der Waals surface area contributed by atoms with Crippen molar-refractivity contribution in [3.05, 3.63) is 54.6 Å². The van der Waals surface area contributed by atoms with Crippen molar-refractivity contribution in [1.82, 2.24) is 0 Å². The van der Waals surface area contributed by atoms with E-state index in [4.69, 9.17) is 29.8 Å². The molecule has 0 amide bonds. The summed E-state index contributed by atoms with van der Waals surface area (Å²) in [5, 5.41) is 8.57. The van der Waals surface area contributed by atoms with Crippen LogP contribution in [0, 0.1) is 0 Å². The SMILES string of the molecule is CC(C)N(c1ccccc1)c1ccc(N)cc1.CCCCOC(C)(OCCCC)OC(C)OC(=O)CCCCC(=O)O. The van der Waals surface area contributed by atoms with E-state index in [1.165, 1.54) is 11.4 Å². The molecule has 9 heteroatoms. The molecular weight excluding hydrogens is 536 g/mol. The summed E-state index contributed by atoms with van der Waals surface area (Å²) >= 11 is 0. The van der Waals surface area contributed by atoms with Gasteiger partial charge in [0.05, 0.1) is 13.2 Å². The highest BCUT2D eigenvalue weighted by molar-refractivity contribution is 5.70. The van der Waals surface area contributed by atoms with Crippen molar-refractivity contribution in [2.45, 2.75) is 111 Å². The number of carboxylic acid groups (broad SMARTS) is 1. The minimum Gasteiger partial charge on any atom is -0.481 e. The molecule has 9 nitrogen and oxygen atoms in total. The number of ether oxygens (including phenoxy) is 4. The number of hydrogen-bond acceptors (Lipinski definition) is 8. The molecular formula is C33H52N2O7. The zero-order chi connectivity index (χ0) is 31.4. The second-order valence-corrected chi connectivity index (χ2v) is 10.4. The van der Waals surface area contributed by atoms with Gasteiger partial charge in [0.2, 0.25) is 6.29 Å². The van der Waals surface area contributed by atoms with Gasteiger partial charge in [0, 0.05) is 42.9 Å². The molecule has 3 N–H and O–H groups in total. The van der Waals surface area contributed by atoms with E-state index in [-0.39, 0.29) is 12.8 Å². The molecule has 1 unspecified atom stereocenters. The Morgan fingerprint density at radius 3 is 1.86 bits per heavy atom. The lowest BCUT2D eigenvalue weighted by Crippen LogP contribution is -2.40. The van der Waals surface area contributed by atoms with Crippen molar-refractivity contribution in [2.24, 2.45) is 0 Å². The summed E-state index contributed by atoms with van der Waals surface area (Å²) < 4.78 is 22.2. The van der Waals surface area contributed by atoms with E-state index in [0.717, 1.165) is 31.4 Å². The lowest BCUT2D eigenvalue weighted by molar-refractivity contribution is -0.403. The van der Waals surface area contributed by atoms with Crippen molar-refractivity contribution >= 4 is 29.0 Å². The standard InChI is InChI=1S/C18H34O7.C15H18N2/c1-5-7-13-22-18(4,23-14-8-6-2)25-15(3)24-17(21)12-10-9-11-16(19)20;1-12(2)17(14-6-4-3-5-7-14)15-10-8-13(16)9-11-15/h15H,5-14H2,1-4H3,(H,19,20);3-12H,16H2,1-2H3. The van der Waals surface area contributed by atoms with Crippen molar-refractivity contribution in [1.29, 1.82) is 0 Å². The second-order valence-electron chi connectivity index (χ2n) is 10.4. The number of rotatable bonds is 19. The van der Waals surface area contributed by atoms with Crippen LogP contribution >= 0.6 is 0 Å². The smallest absolute Gasteiger partial charge is 0.308 e. The lowest BCUT2D eigenvalue weighted by atomic mass is 10.2. The van der Waals surface area contributed by atoms with Gasteiger partial charge in [-0.3, -0.25) is 14.3 Å². The number of unbranched alkanes of at least 4 members (excludes halogenated alkanes) is 3. The molecule has 2 aromatic rings. The normalized spacial score (nSPS) is 11.9. The number of nitrogens with zero attached hydrogens (tertiary/aromatic N) is 1. The van der Waals surface area contributed by atoms with Crippen LogP contribution in [0.1, 0.15) is 92.9 Å². The van der Waals surface area contributed by atoms with Crippen LogP contribution in [-0.4, -0.2) is 48.6 Å². The third-order valence-corrected chi connectivity index (χ3v) is 6.15. The average molecular weight is 589 g/mol. The fourth-order valence-electron chi connectivity index (χ4n) is 4.00. The number of anilines is 3. The Morgan fingerprint density at radius 2 is 1.36 bits per heavy atom. The first-order chi connectivity index (χ1) is 20.0. The molecule has 0 aliphatic carbocycles. The Bertz CT molecular complexity index is 989. The van der Waals surface area contributed by atoms with Crippen molar-refractivity contribution in [3.8, 4) is 0 Å². The highest BCUT2D eigenvalue weighted by Crippen LogP contribution is 2.28. The van der Waals surface area contributed by atoms with Gasteiger partial charge < -0.3 is 30.0 Å². The zero-order valence-electron chi connectivity index (χ0n) is 26.3. The first kappa shape index (κ1) is 36.9. The Labute approximate surface area is 252 Å². The number of esters is 1. The molecule has 0 aliphatic rings. The lowest BCUT2D eigenvalue weighted by Gasteiger charge is -2.32. The number of hydrogen-bond donors (Lipinski definition) is 2. The Kier molecular flexibility index (Phi) is 18.2. The Balaban J connectivity index is 0.000000448. The van der Waals surface area contributed by atoms with Crippen LogP contribution in [0.25, 0.3) is 0 Å². The molecule has 236 valence electrons. The number of para-hydroxylation sites is 1. The summed E-state index contributed by atoms with van der Waals surface area (Å²) in [6.45, 7) is 12.8. The Hall–Kier alpha value is -3.14. The molecule has 0 radical (unpaired) electrons. The number of carbonyl (C=O) groups excluding carboxylic acids is 1. The molecule has 0 bridgehead atoms. The number of aliphatic carboxylic acids is 1. The molecule has 0 saturated carbocycles. The van der Waals surface area contributed by atoms with E-state index in [9.17, 15) is 9.59 Å². The number of benzene rings is 2. The summed E-state index contributed by atoms with van der Waals surface area (Å²) in [6, 6.07) is 18.8. The van der Waals surface area contributed by atoms with E-state index in [2.05, 4.69) is 69.0 Å². The van der Waals surface area contributed by atoms with E-state index in [0.29, 0.717) is 32.1 Å². The quantitative estimate of drug-likeness (QED) is 0.0737. The molecule has 0 heterocycles. The summed E-state index contributed by atoms with van der Waals surface area (Å²) in [7, 11) is 0. The van der Waals surface area contributed by atoms with Gasteiger partial charge in [0.15, 0.2) is 0 Å². The predicted octanol–water partition coefficient (Wildman–Crippen LogP) is 7.66. The summed E-state index contributed by atoms with van der Waals surface area (Å²) in [5.41, 5.74) is 8.89. The highest BCUT2D eigenvalue weighted by atomic mass is 16.9. The number of carbonyl (C=O) groups is 2. The number of carboxylic acids is 1. The molecule has 0 fully saturated rings. The fourth-order valence-corrected chi connectivity index (χ4v) is 4.00. The second kappa shape index (κ2) is 20.7. The van der Waals surface area contributed by atoms with Gasteiger partial charge >= 0.3 is 11.9 Å². The summed E-state index contributed by atoms with van der Waals surface area (Å²) in [6.07, 6.45) is 4.05. The van der Waals surface area contributed by atoms with E-state index < -0.39 is 24.2 Å². The number of nitrogens with two attached hydrogens (primary N) is 1.